The second-order valence-electron chi connectivity index (χ2n) is 26.5. The molecule has 2 unspecified atom stereocenters. The van der Waals surface area contributed by atoms with Gasteiger partial charge >= 0.3 is 0 Å². The minimum Gasteiger partial charge on any atom is -0.370 e. The van der Waals surface area contributed by atoms with Crippen molar-refractivity contribution in [2.24, 2.45) is 15.0 Å². The number of hydrogen-bond acceptors (Lipinski definition) is 5. The number of quaternary nitrogens is 6. The number of rotatable bonds is 9. The monoisotopic (exact) mass is 1220 g/mol. The van der Waals surface area contributed by atoms with Crippen molar-refractivity contribution in [3.8, 4) is 0 Å². The summed E-state index contributed by atoms with van der Waals surface area (Å²) in [6.07, 6.45) is 9.97. The minimum absolute atomic E-state index is 0. The highest BCUT2D eigenvalue weighted by Gasteiger charge is 2.40. The molecule has 0 N–H and O–H groups in total. The molecule has 0 aliphatic carbocycles. The number of benzene rings is 2. The van der Waals surface area contributed by atoms with Gasteiger partial charge in [0, 0.05) is 50.3 Å². The fourth-order valence-corrected chi connectivity index (χ4v) is 10.2. The van der Waals surface area contributed by atoms with Gasteiger partial charge < -0.3 is 82.1 Å². The number of ether oxygens (including phenoxy) is 1. The van der Waals surface area contributed by atoms with Crippen LogP contribution >= 0.6 is 0 Å². The average Bonchev–Trinajstić information content (AvgIpc) is 4.37. The van der Waals surface area contributed by atoms with Gasteiger partial charge in [-0.25, -0.2) is 13.5 Å². The Balaban J connectivity index is -0.000000218. The summed E-state index contributed by atoms with van der Waals surface area (Å²) in [5, 5.41) is 0. The van der Waals surface area contributed by atoms with E-state index in [1.807, 2.05) is 49.2 Å². The third-order valence-corrected chi connectivity index (χ3v) is 19.3. The molecule has 0 bridgehead atoms. The number of aliphatic imine (C=N–C) groups is 3. The van der Waals surface area contributed by atoms with E-state index < -0.39 is 0 Å². The molecule has 0 radical (unpaired) electrons. The first-order valence-corrected chi connectivity index (χ1v) is 30.7. The van der Waals surface area contributed by atoms with Gasteiger partial charge in [0.25, 0.3) is 6.34 Å². The smallest absolute Gasteiger partial charge is 0.281 e. The molecule has 6 aliphatic heterocycles. The van der Waals surface area contributed by atoms with Gasteiger partial charge in [-0.2, -0.15) is 9.98 Å². The fraction of sp³-hybridized carbons (Fsp3) is 0.608. The average molecular weight is 1220 g/mol. The molecular weight excluding hydrogens is 1070 g/mol. The van der Waals surface area contributed by atoms with Crippen LogP contribution in [0.3, 0.4) is 0 Å². The Morgan fingerprint density at radius 2 is 0.954 bits per heavy atom. The molecule has 0 amide bonds. The zero-order chi connectivity index (χ0) is 59.4. The van der Waals surface area contributed by atoms with E-state index in [9.17, 15) is 0 Å². The Kier molecular flexibility index (Phi) is 46.3. The highest BCUT2D eigenvalue weighted by atomic mass is 16.5. The first-order chi connectivity index (χ1) is 37.0. The van der Waals surface area contributed by atoms with Gasteiger partial charge in [0.15, 0.2) is 42.4 Å². The predicted molar refractivity (Wildman–Crippen MR) is 395 cm³/mol. The van der Waals surface area contributed by atoms with E-state index in [2.05, 4.69) is 238 Å². The molecule has 9 rings (SSSR count). The third kappa shape index (κ3) is 27.1. The van der Waals surface area contributed by atoms with Crippen LogP contribution in [0.5, 0.6) is 0 Å². The fourth-order valence-electron chi connectivity index (χ4n) is 10.2. The molecule has 508 valence electrons. The number of fused-ring (bicyclic) bond motifs is 2. The summed E-state index contributed by atoms with van der Waals surface area (Å²) in [5.74, 6) is 1.18. The minimum atomic E-state index is 0. The Labute approximate surface area is 544 Å². The van der Waals surface area contributed by atoms with E-state index in [-0.39, 0.29) is 59.4 Å². The van der Waals surface area contributed by atoms with Crippen molar-refractivity contribution in [3.63, 3.8) is 0 Å². The number of morpholine rings is 1. The third-order valence-electron chi connectivity index (χ3n) is 19.3. The van der Waals surface area contributed by atoms with Gasteiger partial charge in [-0.1, -0.05) is 35.3 Å². The number of piperazine rings is 2. The number of hydrogen-bond donors (Lipinski definition) is 0. The van der Waals surface area contributed by atoms with E-state index in [0.29, 0.717) is 24.2 Å². The molecule has 13 nitrogen and oxygen atoms in total. The van der Waals surface area contributed by atoms with Crippen LogP contribution in [0.1, 0.15) is 124 Å². The molecule has 13 heteroatoms. The van der Waals surface area contributed by atoms with Crippen LogP contribution in [0.15, 0.2) is 94.1 Å². The van der Waals surface area contributed by atoms with Crippen LogP contribution in [0.4, 0.5) is 22.7 Å². The van der Waals surface area contributed by atoms with Crippen molar-refractivity contribution in [3.05, 3.63) is 139 Å². The van der Waals surface area contributed by atoms with E-state index >= 15 is 0 Å². The number of aromatic nitrogens is 1. The zero-order valence-corrected chi connectivity index (χ0v) is 63.2. The van der Waals surface area contributed by atoms with Crippen LogP contribution in [0.2, 0.25) is 0 Å². The van der Waals surface area contributed by atoms with E-state index in [1.165, 1.54) is 114 Å². The summed E-state index contributed by atoms with van der Waals surface area (Å²) in [7, 11) is 13.9. The van der Waals surface area contributed by atoms with E-state index in [4.69, 9.17) is 4.74 Å². The molecule has 3 aromatic rings. The SMILES string of the molecule is CC(C)[N+]1(C)C=Nc2ccccc21.CC(C)[N+]1(C)CCOCC1.CC(C)[N+]1=CN=CC1.CC(C)[n+]1ccccc1.CC1=Nc2ccccc2[N+]1(C)C(C)C.CC[N+]1(C)CCN(C(C)C)CC1.CC[N+]1(C)CC[N+](C)(C(C)C)CC1.[CH3-].[CH3-].[CH3-].[CH3-].[CH3-].[CH3-].[CH3-].[CH3-]. The summed E-state index contributed by atoms with van der Waals surface area (Å²) in [5.41, 5.74) is 4.86. The van der Waals surface area contributed by atoms with Gasteiger partial charge in [0.05, 0.1) is 112 Å². The maximum atomic E-state index is 5.30. The Morgan fingerprint density at radius 3 is 1.32 bits per heavy atom. The molecule has 3 fully saturated rings. The molecule has 0 spiro atoms. The first kappa shape index (κ1) is 94.1. The quantitative estimate of drug-likeness (QED) is 0.122. The molecular formula is C74H146N12O. The molecule has 3 saturated heterocycles. The van der Waals surface area contributed by atoms with Gasteiger partial charge in [-0.3, -0.25) is 9.48 Å². The van der Waals surface area contributed by atoms with Crippen molar-refractivity contribution in [2.75, 3.05) is 141 Å². The van der Waals surface area contributed by atoms with Crippen molar-refractivity contribution >= 4 is 47.5 Å². The van der Waals surface area contributed by atoms with E-state index in [1.54, 1.807) is 0 Å². The van der Waals surface area contributed by atoms with Crippen molar-refractivity contribution in [2.45, 2.75) is 160 Å². The standard InChI is InChI=1S/C12H17N2.C11H15N2.C11H26N2.C10H23N2.C8H18NO.C8H12N.C6H11N2.8CH3/c1-9(2)14(4)10(3)13-11-7-5-6-8-12(11)14;1-9(2)13(3)8-12-10-6-4-5-7-11(10)13;1-6-12(4)7-9-13(5,10-8-12)11(2)3;1-5-12(4)8-6-11(7-9-12)10(2)3;1-8(2)9(3)4-6-10-7-5-9;1-8(2)9-6-4-3-5-7-9;1-6(2)8-4-3-7-5-8;;;;;;;;/h5-9H,1-4H3;4-9H,1-3H3;11H,6-10H2,1-5H3;10H,5-9H2,1-4H3;8H,4-7H2,1-3H3;3-8H,1-2H3;3,5-6H,4H2,1-2H3;8*1H3/q2*+1;+2;4*+1;8*-1. The van der Waals surface area contributed by atoms with Crippen LogP contribution < -0.4 is 13.5 Å². The molecule has 1 aromatic heterocycles. The van der Waals surface area contributed by atoms with Crippen LogP contribution in [-0.4, -0.2) is 229 Å². The van der Waals surface area contributed by atoms with Crippen LogP contribution in [0, 0.1) is 59.4 Å². The Morgan fingerprint density at radius 1 is 0.506 bits per heavy atom. The van der Waals surface area contributed by atoms with Crippen molar-refractivity contribution < 1.29 is 31.8 Å². The normalized spacial score (nSPS) is 22.9. The topological polar surface area (TPSA) is 56.4 Å². The Bertz CT molecular complexity index is 2350. The number of nitrogens with zero attached hydrogens (tertiary/aromatic N) is 12. The molecule has 2 aromatic carbocycles. The van der Waals surface area contributed by atoms with Crippen LogP contribution in [-0.2, 0) is 4.74 Å². The van der Waals surface area contributed by atoms with Crippen molar-refractivity contribution in [1.29, 1.82) is 0 Å². The number of pyridine rings is 1. The van der Waals surface area contributed by atoms with Crippen LogP contribution in [0.25, 0.3) is 0 Å². The zero-order valence-electron chi connectivity index (χ0n) is 63.2. The molecule has 0 saturated carbocycles. The maximum absolute atomic E-state index is 5.30. The van der Waals surface area contributed by atoms with Gasteiger partial charge in [0.1, 0.15) is 57.2 Å². The van der Waals surface area contributed by atoms with E-state index in [0.717, 1.165) is 58.2 Å². The molecule has 6 aliphatic rings. The molecule has 7 heterocycles. The lowest BCUT2D eigenvalue weighted by atomic mass is 10.1. The maximum Gasteiger partial charge on any atom is 0.281 e. The summed E-state index contributed by atoms with van der Waals surface area (Å²) >= 11 is 0. The van der Waals surface area contributed by atoms with Gasteiger partial charge in [-0.05, 0) is 123 Å². The van der Waals surface area contributed by atoms with Crippen molar-refractivity contribution in [1.82, 2.24) is 13.9 Å². The molecule has 2 atom stereocenters. The summed E-state index contributed by atoms with van der Waals surface area (Å²) in [6, 6.07) is 27.3. The number of amidine groups is 1. The lowest BCUT2D eigenvalue weighted by molar-refractivity contribution is -1.02. The summed E-state index contributed by atoms with van der Waals surface area (Å²) in [6.45, 7) is 56.5. The van der Waals surface area contributed by atoms with Gasteiger partial charge in [0.2, 0.25) is 5.84 Å². The van der Waals surface area contributed by atoms with Gasteiger partial charge in [-0.15, -0.1) is 0 Å². The number of para-hydroxylation sites is 4. The largest absolute Gasteiger partial charge is 0.370 e. The first-order valence-electron chi connectivity index (χ1n) is 30.7. The highest BCUT2D eigenvalue weighted by Crippen LogP contribution is 2.41. The predicted octanol–water partition coefficient (Wildman–Crippen LogP) is 14.8. The lowest BCUT2D eigenvalue weighted by Crippen LogP contribution is -2.65. The Hall–Kier alpha value is -4.05. The summed E-state index contributed by atoms with van der Waals surface area (Å²) < 4.78 is 16.3. The second kappa shape index (κ2) is 42.8. The highest BCUT2D eigenvalue weighted by molar-refractivity contribution is 6.01. The molecule has 87 heavy (non-hydrogen) atoms. The summed E-state index contributed by atoms with van der Waals surface area (Å²) in [4.78, 5) is 15.6. The lowest BCUT2D eigenvalue weighted by Gasteiger charge is -2.48. The number of likely N-dealkylation sites (N-methyl/N-ethyl adjacent to an activating group) is 4. The second-order valence-corrected chi connectivity index (χ2v) is 26.5.